The summed E-state index contributed by atoms with van der Waals surface area (Å²) in [6.07, 6.45) is 0. The maximum absolute atomic E-state index is 5.14. The quantitative estimate of drug-likeness (QED) is 0.161. The van der Waals surface area contributed by atoms with Gasteiger partial charge in [0.25, 0.3) is 0 Å². The van der Waals surface area contributed by atoms with Crippen LogP contribution in [0.15, 0.2) is 182 Å². The van der Waals surface area contributed by atoms with Gasteiger partial charge >= 0.3 is 0 Å². The zero-order valence-electron chi connectivity index (χ0n) is 34.4. The van der Waals surface area contributed by atoms with E-state index in [1.54, 1.807) is 0 Å². The van der Waals surface area contributed by atoms with Crippen LogP contribution in [0.1, 0.15) is 36.1 Å². The molecule has 0 amide bonds. The van der Waals surface area contributed by atoms with Gasteiger partial charge < -0.3 is 4.57 Å². The Labute approximate surface area is 371 Å². The van der Waals surface area contributed by atoms with Gasteiger partial charge in [-0.15, -0.1) is 64.7 Å². The fraction of sp³-hybridized carbons (Fsp3) is 0.0893. The predicted molar refractivity (Wildman–Crippen MR) is 247 cm³/mol. The average Bonchev–Trinajstić information content (AvgIpc) is 3.79. The Balaban J connectivity index is 0.000000157. The van der Waals surface area contributed by atoms with E-state index in [9.17, 15) is 0 Å². The van der Waals surface area contributed by atoms with Gasteiger partial charge in [-0.1, -0.05) is 146 Å². The molecule has 1 aliphatic rings. The number of aryl methyl sites for hydroxylation is 2. The Morgan fingerprint density at radius 1 is 0.525 bits per heavy atom. The van der Waals surface area contributed by atoms with Crippen molar-refractivity contribution in [2.45, 2.75) is 33.1 Å². The molecule has 1 radical (unpaired) electrons. The fourth-order valence-electron chi connectivity index (χ4n) is 8.79. The van der Waals surface area contributed by atoms with Crippen LogP contribution < -0.4 is 0 Å². The summed E-state index contributed by atoms with van der Waals surface area (Å²) >= 11 is 0. The topological polar surface area (TPSA) is 43.6 Å². The first-order valence-corrected chi connectivity index (χ1v) is 20.5. The monoisotopic (exact) mass is 963 g/mol. The first-order valence-electron chi connectivity index (χ1n) is 20.5. The zero-order valence-corrected chi connectivity index (χ0v) is 36.8. The molecule has 2 aromatic heterocycles. The molecule has 0 spiro atoms. The van der Waals surface area contributed by atoms with Crippen LogP contribution in [0.4, 0.5) is 0 Å². The van der Waals surface area contributed by atoms with Crippen molar-refractivity contribution >= 4 is 21.9 Å². The fourth-order valence-corrected chi connectivity index (χ4v) is 8.79. The van der Waals surface area contributed by atoms with Crippen molar-refractivity contribution in [3.8, 4) is 62.0 Å². The molecule has 297 valence electrons. The molecule has 10 aromatic rings. The summed E-state index contributed by atoms with van der Waals surface area (Å²) in [5.41, 5.74) is 18.2. The van der Waals surface area contributed by atoms with E-state index in [0.29, 0.717) is 0 Å². The van der Waals surface area contributed by atoms with Crippen molar-refractivity contribution < 1.29 is 20.1 Å². The van der Waals surface area contributed by atoms with Gasteiger partial charge in [0, 0.05) is 36.7 Å². The number of benzene rings is 8. The first-order chi connectivity index (χ1) is 29.3. The maximum atomic E-state index is 5.14. The Kier molecular flexibility index (Phi) is 10.6. The number of hydrogen-bond acceptors (Lipinski definition) is 3. The Bertz CT molecular complexity index is 3180. The summed E-state index contributed by atoms with van der Waals surface area (Å²) in [6.45, 7) is 8.90. The number of aromatic nitrogens is 4. The van der Waals surface area contributed by atoms with Crippen molar-refractivity contribution in [1.82, 2.24) is 19.5 Å². The average molecular weight is 963 g/mol. The van der Waals surface area contributed by atoms with Crippen LogP contribution in [0, 0.1) is 26.0 Å². The Morgan fingerprint density at radius 2 is 1.20 bits per heavy atom. The number of nitrogens with zero attached hydrogens (tertiary/aromatic N) is 4. The Hall–Kier alpha value is -6.78. The van der Waals surface area contributed by atoms with Crippen molar-refractivity contribution in [1.29, 1.82) is 0 Å². The van der Waals surface area contributed by atoms with Crippen LogP contribution in [0.2, 0.25) is 0 Å². The van der Waals surface area contributed by atoms with Crippen LogP contribution in [0.5, 0.6) is 0 Å². The van der Waals surface area contributed by atoms with Crippen molar-refractivity contribution in [2.24, 2.45) is 0 Å². The summed E-state index contributed by atoms with van der Waals surface area (Å²) in [5, 5.41) is 1.08. The molecule has 0 saturated carbocycles. The van der Waals surface area contributed by atoms with E-state index in [1.807, 2.05) is 30.3 Å². The van der Waals surface area contributed by atoms with E-state index in [0.717, 1.165) is 61.7 Å². The number of hydrogen-bond donors (Lipinski definition) is 0. The van der Waals surface area contributed by atoms with E-state index < -0.39 is 0 Å². The second kappa shape index (κ2) is 16.3. The van der Waals surface area contributed by atoms with Gasteiger partial charge in [-0.2, -0.15) is 0 Å². The molecule has 11 rings (SSSR count). The summed E-state index contributed by atoms with van der Waals surface area (Å²) in [7, 11) is 0. The smallest absolute Gasteiger partial charge is 0.0774 e. The molecule has 8 aromatic carbocycles. The molecule has 0 atom stereocenters. The minimum absolute atomic E-state index is 0. The van der Waals surface area contributed by atoms with Gasteiger partial charge in [0.05, 0.1) is 33.9 Å². The van der Waals surface area contributed by atoms with Gasteiger partial charge in [0.1, 0.15) is 0 Å². The SMILES string of the molecule is Cc1cccc(C)c1-c1nc(-c2[c-]cc3c(c2)C(C)(C)c2ccccc2-3)nc2ccccc12.[Ir].[c-]1ccc(-c2ccccc2)cc1-c1nc2ccccc2n1-c1ccccc1. The van der Waals surface area contributed by atoms with Crippen LogP contribution >= 0.6 is 0 Å². The van der Waals surface area contributed by atoms with Crippen LogP contribution in [0.3, 0.4) is 0 Å². The standard InChI is InChI=1S/C31H25N2.C25H17N2.Ir/c1-19-10-9-11-20(2)28(19)29-24-13-6-8-15-27(24)32-30(33-29)21-16-17-23-22-12-5-7-14-25(22)31(3,4)26(23)18-21;1-3-10-19(11-4-1)20-12-9-13-21(18-20)25-26-23-16-7-8-17-24(23)27(25)22-14-5-2-6-15-22;/h5-15,17-18H,1-4H3;1-12,14-18H;/q2*-1;. The minimum atomic E-state index is -0.0674. The summed E-state index contributed by atoms with van der Waals surface area (Å²) in [4.78, 5) is 15.0. The van der Waals surface area contributed by atoms with Crippen LogP contribution in [0.25, 0.3) is 83.9 Å². The van der Waals surface area contributed by atoms with Crippen LogP contribution in [-0.4, -0.2) is 19.5 Å². The molecule has 4 nitrogen and oxygen atoms in total. The van der Waals surface area contributed by atoms with Gasteiger partial charge in [-0.25, -0.2) is 0 Å². The predicted octanol–water partition coefficient (Wildman–Crippen LogP) is 13.8. The number of imidazole rings is 1. The Morgan fingerprint density at radius 3 is 1.98 bits per heavy atom. The molecule has 0 saturated heterocycles. The first kappa shape index (κ1) is 39.7. The van der Waals surface area contributed by atoms with Gasteiger partial charge in [0.15, 0.2) is 0 Å². The molecule has 2 heterocycles. The summed E-state index contributed by atoms with van der Waals surface area (Å²) < 4.78 is 2.20. The largest absolute Gasteiger partial charge is 0.333 e. The van der Waals surface area contributed by atoms with Crippen molar-refractivity contribution in [2.75, 3.05) is 0 Å². The van der Waals surface area contributed by atoms with E-state index >= 15 is 0 Å². The number of fused-ring (bicyclic) bond motifs is 5. The normalized spacial score (nSPS) is 12.3. The molecule has 0 fully saturated rings. The molecule has 5 heteroatoms. The maximum Gasteiger partial charge on any atom is 0.0774 e. The van der Waals surface area contributed by atoms with E-state index in [4.69, 9.17) is 15.0 Å². The van der Waals surface area contributed by atoms with Crippen molar-refractivity contribution in [3.63, 3.8) is 0 Å². The van der Waals surface area contributed by atoms with Crippen LogP contribution in [-0.2, 0) is 25.5 Å². The molecule has 0 unspecified atom stereocenters. The molecule has 0 N–H and O–H groups in total. The molecule has 0 aliphatic heterocycles. The number of rotatable bonds is 5. The third kappa shape index (κ3) is 7.20. The second-order valence-electron chi connectivity index (χ2n) is 16.0. The van der Waals surface area contributed by atoms with Gasteiger partial charge in [-0.3, -0.25) is 15.0 Å². The summed E-state index contributed by atoms with van der Waals surface area (Å²) in [5.74, 6) is 1.63. The molecule has 1 aliphatic carbocycles. The number of para-hydroxylation sites is 4. The molecular weight excluding hydrogens is 921 g/mol. The van der Waals surface area contributed by atoms with E-state index in [2.05, 4.69) is 196 Å². The van der Waals surface area contributed by atoms with Gasteiger partial charge in [-0.05, 0) is 71.8 Å². The second-order valence-corrected chi connectivity index (χ2v) is 16.0. The molecule has 61 heavy (non-hydrogen) atoms. The zero-order chi connectivity index (χ0) is 40.8. The summed E-state index contributed by atoms with van der Waals surface area (Å²) in [6, 6.07) is 69.9. The third-order valence-electron chi connectivity index (χ3n) is 11.8. The third-order valence-corrected chi connectivity index (χ3v) is 11.8. The van der Waals surface area contributed by atoms with Crippen molar-refractivity contribution in [3.05, 3.63) is 216 Å². The van der Waals surface area contributed by atoms with E-state index in [1.165, 1.54) is 44.5 Å². The van der Waals surface area contributed by atoms with Gasteiger partial charge in [0.2, 0.25) is 0 Å². The minimum Gasteiger partial charge on any atom is -0.333 e. The van der Waals surface area contributed by atoms with E-state index in [-0.39, 0.29) is 25.5 Å². The molecular formula is C56H42IrN4-2. The molecule has 0 bridgehead atoms.